The number of nitrogens with zero attached hydrogens (tertiary/aromatic N) is 1. The normalized spacial score (nSPS) is 11.0. The Hall–Kier alpha value is -2.74. The smallest absolute Gasteiger partial charge is 0.269 e. The number of hydrogen-bond donors (Lipinski definition) is 1. The van der Waals surface area contributed by atoms with Gasteiger partial charge in [-0.25, -0.2) is 8.42 Å². The highest BCUT2D eigenvalue weighted by atomic mass is 32.2. The summed E-state index contributed by atoms with van der Waals surface area (Å²) in [6.07, 6.45) is -0.201. The third kappa shape index (κ3) is 4.39. The van der Waals surface area contributed by atoms with E-state index in [2.05, 4.69) is 5.32 Å². The second kappa shape index (κ2) is 7.22. The molecule has 0 saturated heterocycles. The molecule has 0 aliphatic carbocycles. The van der Waals surface area contributed by atoms with E-state index in [0.29, 0.717) is 11.3 Å². The summed E-state index contributed by atoms with van der Waals surface area (Å²) in [6.45, 7) is 1.63. The van der Waals surface area contributed by atoms with Crippen LogP contribution in [0.5, 0.6) is 0 Å². The topological polar surface area (TPSA) is 106 Å². The maximum absolute atomic E-state index is 12.1. The van der Waals surface area contributed by atoms with Crippen molar-refractivity contribution in [3.8, 4) is 0 Å². The number of nitro groups is 1. The van der Waals surface area contributed by atoms with E-state index in [1.54, 1.807) is 25.1 Å². The number of non-ortho nitro benzene ring substituents is 1. The Kier molecular flexibility index (Phi) is 5.30. The van der Waals surface area contributed by atoms with Crippen LogP contribution in [0.1, 0.15) is 12.0 Å². The van der Waals surface area contributed by atoms with Crippen LogP contribution < -0.4 is 5.32 Å². The molecule has 0 unspecified atom stereocenters. The number of hydrogen-bond acceptors (Lipinski definition) is 5. The zero-order valence-corrected chi connectivity index (χ0v) is 13.7. The number of benzene rings is 2. The van der Waals surface area contributed by atoms with Crippen molar-refractivity contribution in [2.24, 2.45) is 0 Å². The van der Waals surface area contributed by atoms with Crippen molar-refractivity contribution in [1.29, 1.82) is 0 Å². The van der Waals surface area contributed by atoms with Crippen molar-refractivity contribution in [2.45, 2.75) is 18.2 Å². The van der Waals surface area contributed by atoms with Gasteiger partial charge in [-0.05, 0) is 30.7 Å². The summed E-state index contributed by atoms with van der Waals surface area (Å²) in [4.78, 5) is 22.3. The van der Waals surface area contributed by atoms with Gasteiger partial charge in [-0.15, -0.1) is 0 Å². The zero-order valence-electron chi connectivity index (χ0n) is 12.9. The molecule has 2 aromatic carbocycles. The van der Waals surface area contributed by atoms with Gasteiger partial charge in [-0.2, -0.15) is 0 Å². The molecule has 0 aliphatic rings. The molecule has 126 valence electrons. The van der Waals surface area contributed by atoms with Gasteiger partial charge in [0.25, 0.3) is 5.69 Å². The minimum absolute atomic E-state index is 0.0721. The first-order valence-electron chi connectivity index (χ1n) is 7.12. The molecule has 24 heavy (non-hydrogen) atoms. The SMILES string of the molecule is Cc1cc([N+](=O)[O-])ccc1NC(=O)CCS(=O)(=O)c1ccccc1. The van der Waals surface area contributed by atoms with Crippen LogP contribution in [-0.4, -0.2) is 25.0 Å². The molecule has 0 radical (unpaired) electrons. The van der Waals surface area contributed by atoms with E-state index >= 15 is 0 Å². The van der Waals surface area contributed by atoms with Gasteiger partial charge in [-0.3, -0.25) is 14.9 Å². The average molecular weight is 348 g/mol. The van der Waals surface area contributed by atoms with Crippen molar-refractivity contribution >= 4 is 27.1 Å². The summed E-state index contributed by atoms with van der Waals surface area (Å²) in [5.74, 6) is -0.777. The minimum Gasteiger partial charge on any atom is -0.326 e. The molecule has 0 bridgehead atoms. The van der Waals surface area contributed by atoms with E-state index in [9.17, 15) is 23.3 Å². The third-order valence-electron chi connectivity index (χ3n) is 3.40. The number of nitrogens with one attached hydrogen (secondary N) is 1. The quantitative estimate of drug-likeness (QED) is 0.638. The van der Waals surface area contributed by atoms with Gasteiger partial charge in [0, 0.05) is 24.2 Å². The van der Waals surface area contributed by atoms with Crippen molar-refractivity contribution in [2.75, 3.05) is 11.1 Å². The Morgan fingerprint density at radius 3 is 2.42 bits per heavy atom. The monoisotopic (exact) mass is 348 g/mol. The molecular formula is C16H16N2O5S. The van der Waals surface area contributed by atoms with Crippen molar-refractivity contribution in [1.82, 2.24) is 0 Å². The molecule has 1 amide bonds. The van der Waals surface area contributed by atoms with E-state index in [1.807, 2.05) is 0 Å². The van der Waals surface area contributed by atoms with Crippen LogP contribution in [0.25, 0.3) is 0 Å². The zero-order chi connectivity index (χ0) is 17.7. The van der Waals surface area contributed by atoms with Crippen LogP contribution >= 0.6 is 0 Å². The molecule has 0 heterocycles. The Morgan fingerprint density at radius 1 is 1.17 bits per heavy atom. The third-order valence-corrected chi connectivity index (χ3v) is 5.13. The van der Waals surface area contributed by atoms with E-state index < -0.39 is 20.7 Å². The number of aryl methyl sites for hydroxylation is 1. The number of anilines is 1. The van der Waals surface area contributed by atoms with Crippen LogP contribution in [0.15, 0.2) is 53.4 Å². The van der Waals surface area contributed by atoms with Crippen LogP contribution in [0.4, 0.5) is 11.4 Å². The summed E-state index contributed by atoms with van der Waals surface area (Å²) in [7, 11) is -3.53. The summed E-state index contributed by atoms with van der Waals surface area (Å²) in [6, 6.07) is 12.0. The number of rotatable bonds is 6. The predicted octanol–water partition coefficient (Wildman–Crippen LogP) is 2.71. The molecule has 0 aliphatic heterocycles. The minimum atomic E-state index is -3.53. The Bertz CT molecular complexity index is 863. The lowest BCUT2D eigenvalue weighted by Crippen LogP contribution is -2.18. The molecule has 7 nitrogen and oxygen atoms in total. The molecule has 1 N–H and O–H groups in total. The lowest BCUT2D eigenvalue weighted by molar-refractivity contribution is -0.384. The van der Waals surface area contributed by atoms with Crippen molar-refractivity contribution in [3.63, 3.8) is 0 Å². The van der Waals surface area contributed by atoms with Gasteiger partial charge < -0.3 is 5.32 Å². The molecule has 2 rings (SSSR count). The standard InChI is InChI=1S/C16H16N2O5S/c1-12-11-13(18(20)21)7-8-15(12)17-16(19)9-10-24(22,23)14-5-3-2-4-6-14/h2-8,11H,9-10H2,1H3,(H,17,19). The first-order chi connectivity index (χ1) is 11.3. The molecule has 0 saturated carbocycles. The Morgan fingerprint density at radius 2 is 1.83 bits per heavy atom. The summed E-state index contributed by atoms with van der Waals surface area (Å²) < 4.78 is 24.2. The van der Waals surface area contributed by atoms with Crippen molar-refractivity contribution < 1.29 is 18.1 Å². The summed E-state index contributed by atoms with van der Waals surface area (Å²) >= 11 is 0. The van der Waals surface area contributed by atoms with Crippen molar-refractivity contribution in [3.05, 3.63) is 64.2 Å². The summed E-state index contributed by atoms with van der Waals surface area (Å²) in [5.41, 5.74) is 0.878. The van der Waals surface area contributed by atoms with E-state index in [4.69, 9.17) is 0 Å². The lowest BCUT2D eigenvalue weighted by Gasteiger charge is -2.08. The maximum Gasteiger partial charge on any atom is 0.269 e. The van der Waals surface area contributed by atoms with Crippen LogP contribution in [-0.2, 0) is 14.6 Å². The first-order valence-corrected chi connectivity index (χ1v) is 8.77. The van der Waals surface area contributed by atoms with Crippen LogP contribution in [0, 0.1) is 17.0 Å². The highest BCUT2D eigenvalue weighted by Gasteiger charge is 2.17. The van der Waals surface area contributed by atoms with Gasteiger partial charge >= 0.3 is 0 Å². The molecule has 0 aromatic heterocycles. The summed E-state index contributed by atoms with van der Waals surface area (Å²) in [5, 5.41) is 13.3. The van der Waals surface area contributed by atoms with Gasteiger partial charge in [0.2, 0.25) is 5.91 Å². The molecule has 0 spiro atoms. The van der Waals surface area contributed by atoms with Crippen LogP contribution in [0.2, 0.25) is 0 Å². The Labute approximate surface area is 139 Å². The maximum atomic E-state index is 12.1. The number of sulfone groups is 1. The fourth-order valence-electron chi connectivity index (χ4n) is 2.09. The van der Waals surface area contributed by atoms with Gasteiger partial charge in [0.15, 0.2) is 9.84 Å². The molecule has 2 aromatic rings. The molecule has 0 atom stereocenters. The molecular weight excluding hydrogens is 332 g/mol. The number of amides is 1. The average Bonchev–Trinajstić information content (AvgIpc) is 2.55. The van der Waals surface area contributed by atoms with Gasteiger partial charge in [-0.1, -0.05) is 18.2 Å². The van der Waals surface area contributed by atoms with E-state index in [1.165, 1.54) is 30.3 Å². The number of carbonyl (C=O) groups excluding carboxylic acids is 1. The van der Waals surface area contributed by atoms with E-state index in [-0.39, 0.29) is 22.8 Å². The second-order valence-corrected chi connectivity index (χ2v) is 7.30. The number of nitro benzene ring substituents is 1. The fraction of sp³-hybridized carbons (Fsp3) is 0.188. The fourth-order valence-corrected chi connectivity index (χ4v) is 3.35. The highest BCUT2D eigenvalue weighted by Crippen LogP contribution is 2.21. The Balaban J connectivity index is 2.00. The van der Waals surface area contributed by atoms with Gasteiger partial charge in [0.05, 0.1) is 15.6 Å². The predicted molar refractivity (Wildman–Crippen MR) is 89.6 cm³/mol. The lowest BCUT2D eigenvalue weighted by atomic mass is 10.2. The first kappa shape index (κ1) is 17.6. The van der Waals surface area contributed by atoms with Gasteiger partial charge in [0.1, 0.15) is 0 Å². The number of carbonyl (C=O) groups is 1. The highest BCUT2D eigenvalue weighted by molar-refractivity contribution is 7.91. The molecule has 8 heteroatoms. The largest absolute Gasteiger partial charge is 0.326 e. The van der Waals surface area contributed by atoms with E-state index in [0.717, 1.165) is 0 Å². The molecule has 0 fully saturated rings. The van der Waals surface area contributed by atoms with Crippen LogP contribution in [0.3, 0.4) is 0 Å². The second-order valence-electron chi connectivity index (χ2n) is 5.19.